The van der Waals surface area contributed by atoms with Crippen molar-refractivity contribution in [3.05, 3.63) is 29.7 Å². The number of likely N-dealkylation sites (tertiary alicyclic amines) is 1. The van der Waals surface area contributed by atoms with Crippen molar-refractivity contribution >= 4 is 17.6 Å². The molecule has 1 fully saturated rings. The number of nitrogens with zero attached hydrogens (tertiary/aromatic N) is 5. The summed E-state index contributed by atoms with van der Waals surface area (Å²) in [5.74, 6) is 0.482. The van der Waals surface area contributed by atoms with Crippen molar-refractivity contribution in [3.63, 3.8) is 0 Å². The SMILES string of the molecule is Cc1ccn2ncc(C(=O)N3CCC(CCN(C)C(=O)OC(C)(C)C)CC3)c2n1. The molecule has 0 N–H and O–H groups in total. The van der Waals surface area contributed by atoms with Gasteiger partial charge < -0.3 is 14.5 Å². The second-order valence-electron chi connectivity index (χ2n) is 8.82. The van der Waals surface area contributed by atoms with Crippen LogP contribution in [0, 0.1) is 12.8 Å². The van der Waals surface area contributed by atoms with Crippen LogP contribution in [0.1, 0.15) is 56.1 Å². The van der Waals surface area contributed by atoms with Crippen LogP contribution in [0.15, 0.2) is 18.5 Å². The molecule has 2 amide bonds. The van der Waals surface area contributed by atoms with E-state index in [0.717, 1.165) is 25.0 Å². The molecule has 1 aliphatic heterocycles. The van der Waals surface area contributed by atoms with Crippen LogP contribution in [0.3, 0.4) is 0 Å². The minimum absolute atomic E-state index is 0.0116. The summed E-state index contributed by atoms with van der Waals surface area (Å²) in [7, 11) is 1.77. The van der Waals surface area contributed by atoms with Gasteiger partial charge in [-0.2, -0.15) is 5.10 Å². The standard InChI is InChI=1S/C21H31N5O3/c1-15-6-13-26-18(23-15)17(14-22-26)19(27)25-11-8-16(9-12-25)7-10-24(5)20(28)29-21(2,3)4/h6,13-14,16H,7-12H2,1-5H3. The molecule has 0 saturated carbocycles. The Bertz CT molecular complexity index is 878. The second kappa shape index (κ2) is 8.39. The van der Waals surface area contributed by atoms with Gasteiger partial charge in [-0.05, 0) is 58.9 Å². The zero-order valence-corrected chi connectivity index (χ0v) is 18.0. The fourth-order valence-electron chi connectivity index (χ4n) is 3.51. The molecule has 1 saturated heterocycles. The number of ether oxygens (including phenoxy) is 1. The number of amides is 2. The Balaban J connectivity index is 1.50. The maximum absolute atomic E-state index is 12.9. The molecule has 8 nitrogen and oxygen atoms in total. The van der Waals surface area contributed by atoms with E-state index in [4.69, 9.17) is 4.74 Å². The van der Waals surface area contributed by atoms with Gasteiger partial charge in [0.2, 0.25) is 0 Å². The first-order chi connectivity index (χ1) is 13.6. The van der Waals surface area contributed by atoms with Gasteiger partial charge in [0.15, 0.2) is 5.65 Å². The monoisotopic (exact) mass is 401 g/mol. The van der Waals surface area contributed by atoms with Gasteiger partial charge in [-0.25, -0.2) is 14.3 Å². The third-order valence-electron chi connectivity index (χ3n) is 5.22. The van der Waals surface area contributed by atoms with E-state index in [1.165, 1.54) is 0 Å². The highest BCUT2D eigenvalue weighted by Crippen LogP contribution is 2.23. The molecule has 0 radical (unpaired) electrons. The van der Waals surface area contributed by atoms with Crippen LogP contribution in [0.5, 0.6) is 0 Å². The van der Waals surface area contributed by atoms with Gasteiger partial charge in [-0.15, -0.1) is 0 Å². The number of hydrogen-bond acceptors (Lipinski definition) is 5. The Labute approximate surface area is 171 Å². The molecule has 0 unspecified atom stereocenters. The van der Waals surface area contributed by atoms with E-state index in [1.807, 2.05) is 44.9 Å². The molecule has 0 atom stereocenters. The summed E-state index contributed by atoms with van der Waals surface area (Å²) in [4.78, 5) is 33.0. The number of aryl methyl sites for hydroxylation is 1. The number of piperidine rings is 1. The van der Waals surface area contributed by atoms with Crippen molar-refractivity contribution in [2.45, 2.75) is 52.6 Å². The molecule has 0 aromatic carbocycles. The smallest absolute Gasteiger partial charge is 0.410 e. The lowest BCUT2D eigenvalue weighted by atomic mass is 9.93. The summed E-state index contributed by atoms with van der Waals surface area (Å²) in [5.41, 5.74) is 1.54. The summed E-state index contributed by atoms with van der Waals surface area (Å²) < 4.78 is 7.03. The fourth-order valence-corrected chi connectivity index (χ4v) is 3.51. The van der Waals surface area contributed by atoms with Crippen LogP contribution < -0.4 is 0 Å². The summed E-state index contributed by atoms with van der Waals surface area (Å²) in [5, 5.41) is 4.24. The molecule has 3 rings (SSSR count). The number of fused-ring (bicyclic) bond motifs is 1. The Morgan fingerprint density at radius 2 is 1.97 bits per heavy atom. The zero-order valence-electron chi connectivity index (χ0n) is 18.0. The van der Waals surface area contributed by atoms with E-state index in [1.54, 1.807) is 22.7 Å². The first-order valence-corrected chi connectivity index (χ1v) is 10.2. The molecular formula is C21H31N5O3. The van der Waals surface area contributed by atoms with Crippen LogP contribution in [-0.2, 0) is 4.74 Å². The Hall–Kier alpha value is -2.64. The highest BCUT2D eigenvalue weighted by atomic mass is 16.6. The highest BCUT2D eigenvalue weighted by molar-refractivity contribution is 5.99. The fraction of sp³-hybridized carbons (Fsp3) is 0.619. The topological polar surface area (TPSA) is 80.0 Å². The largest absolute Gasteiger partial charge is 0.444 e. The minimum atomic E-state index is -0.484. The summed E-state index contributed by atoms with van der Waals surface area (Å²) in [6.07, 6.45) is 5.91. The quantitative estimate of drug-likeness (QED) is 0.786. The summed E-state index contributed by atoms with van der Waals surface area (Å²) in [6.45, 7) is 9.59. The molecule has 29 heavy (non-hydrogen) atoms. The molecule has 2 aromatic heterocycles. The van der Waals surface area contributed by atoms with Crippen LogP contribution >= 0.6 is 0 Å². The lowest BCUT2D eigenvalue weighted by Gasteiger charge is -2.32. The molecular weight excluding hydrogens is 370 g/mol. The normalized spacial score (nSPS) is 15.6. The van der Waals surface area contributed by atoms with Crippen LogP contribution in [0.2, 0.25) is 0 Å². The van der Waals surface area contributed by atoms with E-state index in [9.17, 15) is 9.59 Å². The third-order valence-corrected chi connectivity index (χ3v) is 5.22. The number of rotatable bonds is 4. The van der Waals surface area contributed by atoms with Gasteiger partial charge in [0.1, 0.15) is 11.2 Å². The van der Waals surface area contributed by atoms with Crippen molar-refractivity contribution < 1.29 is 14.3 Å². The van der Waals surface area contributed by atoms with Gasteiger partial charge in [-0.3, -0.25) is 4.79 Å². The molecule has 0 spiro atoms. The number of hydrogen-bond donors (Lipinski definition) is 0. The average molecular weight is 402 g/mol. The molecule has 2 aromatic rings. The first kappa shape index (κ1) is 21.1. The molecule has 0 bridgehead atoms. The molecule has 3 heterocycles. The van der Waals surface area contributed by atoms with Crippen molar-refractivity contribution in [2.24, 2.45) is 5.92 Å². The number of carbonyl (C=O) groups excluding carboxylic acids is 2. The Morgan fingerprint density at radius 1 is 1.28 bits per heavy atom. The Kier molecular flexibility index (Phi) is 6.10. The number of carbonyl (C=O) groups is 2. The van der Waals surface area contributed by atoms with Crippen LogP contribution in [0.25, 0.3) is 5.65 Å². The van der Waals surface area contributed by atoms with Gasteiger partial charge in [0, 0.05) is 38.6 Å². The van der Waals surface area contributed by atoms with Gasteiger partial charge >= 0.3 is 6.09 Å². The van der Waals surface area contributed by atoms with Gasteiger partial charge in [-0.1, -0.05) is 0 Å². The van der Waals surface area contributed by atoms with E-state index >= 15 is 0 Å². The molecule has 8 heteroatoms. The lowest BCUT2D eigenvalue weighted by Crippen LogP contribution is -2.40. The number of aromatic nitrogens is 3. The molecule has 1 aliphatic rings. The zero-order chi connectivity index (χ0) is 21.2. The summed E-state index contributed by atoms with van der Waals surface area (Å²) in [6, 6.07) is 1.87. The molecule has 0 aliphatic carbocycles. The van der Waals surface area contributed by atoms with Gasteiger partial charge in [0.05, 0.1) is 6.20 Å². The maximum atomic E-state index is 12.9. The van der Waals surface area contributed by atoms with Crippen molar-refractivity contribution in [1.82, 2.24) is 24.4 Å². The Morgan fingerprint density at radius 3 is 2.62 bits per heavy atom. The second-order valence-corrected chi connectivity index (χ2v) is 8.82. The average Bonchev–Trinajstić information content (AvgIpc) is 3.07. The van der Waals surface area contributed by atoms with Gasteiger partial charge in [0.25, 0.3) is 5.91 Å². The predicted octanol–water partition coefficient (Wildman–Crippen LogP) is 3.15. The van der Waals surface area contributed by atoms with Crippen molar-refractivity contribution in [3.8, 4) is 0 Å². The van der Waals surface area contributed by atoms with Crippen LogP contribution in [0.4, 0.5) is 4.79 Å². The maximum Gasteiger partial charge on any atom is 0.410 e. The predicted molar refractivity (Wildman–Crippen MR) is 110 cm³/mol. The van der Waals surface area contributed by atoms with E-state index in [2.05, 4.69) is 10.1 Å². The summed E-state index contributed by atoms with van der Waals surface area (Å²) >= 11 is 0. The van der Waals surface area contributed by atoms with Crippen molar-refractivity contribution in [2.75, 3.05) is 26.7 Å². The lowest BCUT2D eigenvalue weighted by molar-refractivity contribution is 0.0285. The molecule has 158 valence electrons. The minimum Gasteiger partial charge on any atom is -0.444 e. The van der Waals surface area contributed by atoms with E-state index < -0.39 is 5.60 Å². The van der Waals surface area contributed by atoms with E-state index in [0.29, 0.717) is 36.8 Å². The highest BCUT2D eigenvalue weighted by Gasteiger charge is 2.27. The van der Waals surface area contributed by atoms with E-state index in [-0.39, 0.29) is 12.0 Å². The van der Waals surface area contributed by atoms with Crippen LogP contribution in [-0.4, -0.2) is 68.7 Å². The first-order valence-electron chi connectivity index (χ1n) is 10.2. The van der Waals surface area contributed by atoms with Crippen molar-refractivity contribution in [1.29, 1.82) is 0 Å². The third kappa shape index (κ3) is 5.25.